The van der Waals surface area contributed by atoms with Gasteiger partial charge in [-0.25, -0.2) is 4.98 Å². The van der Waals surface area contributed by atoms with Crippen LogP contribution in [-0.4, -0.2) is 21.8 Å². The number of amides is 2. The fraction of sp³-hybridized carbons (Fsp3) is 0.167. The van der Waals surface area contributed by atoms with Crippen molar-refractivity contribution in [1.82, 2.24) is 20.8 Å². The Bertz CT molecular complexity index is 1310. The summed E-state index contributed by atoms with van der Waals surface area (Å²) in [4.78, 5) is 43.6. The number of nitrogens with one attached hydrogen (secondary N) is 3. The molecule has 0 saturated heterocycles. The number of carbonyl (C=O) groups is 2. The first-order valence-corrected chi connectivity index (χ1v) is 10.1. The highest BCUT2D eigenvalue weighted by molar-refractivity contribution is 5.90. The summed E-state index contributed by atoms with van der Waals surface area (Å²) in [6.45, 7) is 0. The van der Waals surface area contributed by atoms with Gasteiger partial charge in [0.1, 0.15) is 5.82 Å². The minimum absolute atomic E-state index is 0.171. The van der Waals surface area contributed by atoms with Crippen LogP contribution in [0.3, 0.4) is 0 Å². The van der Waals surface area contributed by atoms with E-state index in [4.69, 9.17) is 0 Å². The average Bonchev–Trinajstić information content (AvgIpc) is 2.78. The number of carbonyl (C=O) groups excluding carboxylic acids is 2. The molecular weight excluding hydrogens is 392 g/mol. The lowest BCUT2D eigenvalue weighted by Gasteiger charge is -2.09. The van der Waals surface area contributed by atoms with Crippen molar-refractivity contribution >= 4 is 33.5 Å². The number of aryl methyl sites for hydroxylation is 1. The fourth-order valence-electron chi connectivity index (χ4n) is 3.54. The standard InChI is InChI=1S/C24H22N4O3/c29-22(14-6-13-21-25-20-12-4-3-11-19(20)24(31)26-21)27-28-23(30)15-17-9-5-8-16-7-1-2-10-18(16)17/h1-5,7-12H,6,13-15H2,(H,27,29)(H,28,30)(H,25,26,31). The normalized spacial score (nSPS) is 10.8. The number of aromatic amines is 1. The predicted octanol–water partition coefficient (Wildman–Crippen LogP) is 2.79. The number of nitrogens with zero attached hydrogens (tertiary/aromatic N) is 1. The second-order valence-corrected chi connectivity index (χ2v) is 7.29. The van der Waals surface area contributed by atoms with Gasteiger partial charge in [0.25, 0.3) is 5.56 Å². The molecule has 0 saturated carbocycles. The van der Waals surface area contributed by atoms with Crippen LogP contribution in [0.1, 0.15) is 24.2 Å². The smallest absolute Gasteiger partial charge is 0.258 e. The number of aromatic nitrogens is 2. The molecule has 156 valence electrons. The van der Waals surface area contributed by atoms with E-state index >= 15 is 0 Å². The van der Waals surface area contributed by atoms with Crippen molar-refractivity contribution in [2.75, 3.05) is 0 Å². The van der Waals surface area contributed by atoms with Crippen LogP contribution in [0.25, 0.3) is 21.7 Å². The van der Waals surface area contributed by atoms with Crippen molar-refractivity contribution in [3.8, 4) is 0 Å². The number of hydrogen-bond acceptors (Lipinski definition) is 4. The molecule has 4 rings (SSSR count). The summed E-state index contributed by atoms with van der Waals surface area (Å²) in [5.74, 6) is -0.0453. The monoisotopic (exact) mass is 414 g/mol. The van der Waals surface area contributed by atoms with Crippen molar-refractivity contribution in [2.24, 2.45) is 0 Å². The summed E-state index contributed by atoms with van der Waals surface area (Å²) in [7, 11) is 0. The maximum absolute atomic E-state index is 12.2. The third-order valence-corrected chi connectivity index (χ3v) is 5.05. The van der Waals surface area contributed by atoms with E-state index in [1.165, 1.54) is 0 Å². The summed E-state index contributed by atoms with van der Waals surface area (Å²) in [5.41, 5.74) is 6.25. The first-order chi connectivity index (χ1) is 15.1. The van der Waals surface area contributed by atoms with Gasteiger partial charge in [-0.3, -0.25) is 25.2 Å². The molecule has 0 fully saturated rings. The zero-order valence-corrected chi connectivity index (χ0v) is 16.9. The van der Waals surface area contributed by atoms with Crippen molar-refractivity contribution in [3.05, 3.63) is 88.5 Å². The highest BCUT2D eigenvalue weighted by Crippen LogP contribution is 2.18. The predicted molar refractivity (Wildman–Crippen MR) is 119 cm³/mol. The summed E-state index contributed by atoms with van der Waals surface area (Å²) < 4.78 is 0. The Morgan fingerprint density at radius 1 is 0.839 bits per heavy atom. The third-order valence-electron chi connectivity index (χ3n) is 5.05. The summed E-state index contributed by atoms with van der Waals surface area (Å²) in [6.07, 6.45) is 1.32. The van der Waals surface area contributed by atoms with E-state index in [1.807, 2.05) is 48.5 Å². The minimum Gasteiger partial charge on any atom is -0.310 e. The van der Waals surface area contributed by atoms with Gasteiger partial charge >= 0.3 is 0 Å². The molecular formula is C24H22N4O3. The van der Waals surface area contributed by atoms with Gasteiger partial charge in [0.15, 0.2) is 0 Å². The average molecular weight is 414 g/mol. The Kier molecular flexibility index (Phi) is 6.03. The molecule has 0 aliphatic rings. The Labute approximate surface area is 178 Å². The molecule has 0 aliphatic heterocycles. The van der Waals surface area contributed by atoms with Crippen LogP contribution in [-0.2, 0) is 22.4 Å². The molecule has 0 spiro atoms. The van der Waals surface area contributed by atoms with E-state index < -0.39 is 0 Å². The zero-order chi connectivity index (χ0) is 21.6. The molecule has 0 bridgehead atoms. The van der Waals surface area contributed by atoms with Crippen molar-refractivity contribution in [1.29, 1.82) is 0 Å². The topological polar surface area (TPSA) is 104 Å². The Morgan fingerprint density at radius 2 is 1.55 bits per heavy atom. The molecule has 0 unspecified atom stereocenters. The molecule has 7 heteroatoms. The molecule has 31 heavy (non-hydrogen) atoms. The number of hydrazine groups is 1. The molecule has 0 aliphatic carbocycles. The maximum atomic E-state index is 12.2. The maximum Gasteiger partial charge on any atom is 0.258 e. The van der Waals surface area contributed by atoms with E-state index in [-0.39, 0.29) is 30.2 Å². The first kappa shape index (κ1) is 20.3. The van der Waals surface area contributed by atoms with Crippen molar-refractivity contribution in [2.45, 2.75) is 25.7 Å². The number of fused-ring (bicyclic) bond motifs is 2. The lowest BCUT2D eigenvalue weighted by molar-refractivity contribution is -0.128. The van der Waals surface area contributed by atoms with Gasteiger partial charge in [0.05, 0.1) is 17.3 Å². The Hall–Kier alpha value is -4.00. The van der Waals surface area contributed by atoms with Crippen LogP contribution in [0.5, 0.6) is 0 Å². The second kappa shape index (κ2) is 9.21. The van der Waals surface area contributed by atoms with Crippen LogP contribution in [0, 0.1) is 0 Å². The Morgan fingerprint density at radius 3 is 2.42 bits per heavy atom. The lowest BCUT2D eigenvalue weighted by Crippen LogP contribution is -2.42. The quantitative estimate of drug-likeness (QED) is 0.422. The number of para-hydroxylation sites is 1. The van der Waals surface area contributed by atoms with Crippen LogP contribution in [0.2, 0.25) is 0 Å². The van der Waals surface area contributed by atoms with E-state index in [2.05, 4.69) is 20.8 Å². The van der Waals surface area contributed by atoms with Gasteiger partial charge in [0.2, 0.25) is 11.8 Å². The highest BCUT2D eigenvalue weighted by atomic mass is 16.2. The summed E-state index contributed by atoms with van der Waals surface area (Å²) in [5, 5.41) is 2.62. The molecule has 2 amide bonds. The van der Waals surface area contributed by atoms with Gasteiger partial charge in [-0.2, -0.15) is 0 Å². The van der Waals surface area contributed by atoms with Crippen LogP contribution >= 0.6 is 0 Å². The molecule has 1 heterocycles. The van der Waals surface area contributed by atoms with E-state index in [9.17, 15) is 14.4 Å². The van der Waals surface area contributed by atoms with Gasteiger partial charge in [-0.1, -0.05) is 54.6 Å². The second-order valence-electron chi connectivity index (χ2n) is 7.29. The SMILES string of the molecule is O=C(CCCc1nc2ccccc2c(=O)[nH]1)NNC(=O)Cc1cccc2ccccc12. The van der Waals surface area contributed by atoms with E-state index in [0.717, 1.165) is 16.3 Å². The zero-order valence-electron chi connectivity index (χ0n) is 16.9. The van der Waals surface area contributed by atoms with E-state index in [0.29, 0.717) is 29.6 Å². The third kappa shape index (κ3) is 4.95. The van der Waals surface area contributed by atoms with Gasteiger partial charge < -0.3 is 4.98 Å². The Balaban J connectivity index is 1.26. The lowest BCUT2D eigenvalue weighted by atomic mass is 10.0. The van der Waals surface area contributed by atoms with Crippen molar-refractivity contribution < 1.29 is 9.59 Å². The minimum atomic E-state index is -0.297. The molecule has 4 aromatic rings. The number of rotatable bonds is 6. The van der Waals surface area contributed by atoms with Crippen LogP contribution in [0.15, 0.2) is 71.5 Å². The molecule has 0 atom stereocenters. The number of H-pyrrole nitrogens is 1. The molecule has 0 radical (unpaired) electrons. The van der Waals surface area contributed by atoms with Crippen LogP contribution in [0.4, 0.5) is 0 Å². The largest absolute Gasteiger partial charge is 0.310 e. The molecule has 3 aromatic carbocycles. The molecule has 7 nitrogen and oxygen atoms in total. The number of hydrogen-bond donors (Lipinski definition) is 3. The summed E-state index contributed by atoms with van der Waals surface area (Å²) in [6, 6.07) is 20.8. The van der Waals surface area contributed by atoms with Crippen molar-refractivity contribution in [3.63, 3.8) is 0 Å². The first-order valence-electron chi connectivity index (χ1n) is 10.1. The van der Waals surface area contributed by atoms with Gasteiger partial charge in [-0.15, -0.1) is 0 Å². The van der Waals surface area contributed by atoms with Crippen LogP contribution < -0.4 is 16.4 Å². The molecule has 1 aromatic heterocycles. The fourth-order valence-corrected chi connectivity index (χ4v) is 3.54. The summed E-state index contributed by atoms with van der Waals surface area (Å²) >= 11 is 0. The molecule has 3 N–H and O–H groups in total. The van der Waals surface area contributed by atoms with Gasteiger partial charge in [-0.05, 0) is 34.9 Å². The van der Waals surface area contributed by atoms with E-state index in [1.54, 1.807) is 18.2 Å². The highest BCUT2D eigenvalue weighted by Gasteiger charge is 2.09. The van der Waals surface area contributed by atoms with Gasteiger partial charge in [0, 0.05) is 12.8 Å². The number of benzene rings is 3.